The van der Waals surface area contributed by atoms with Crippen LogP contribution >= 0.6 is 0 Å². The average Bonchev–Trinajstić information content (AvgIpc) is 2.13. The Bertz CT molecular complexity index is 204. The molecule has 0 aliphatic heterocycles. The quantitative estimate of drug-likeness (QED) is 0.466. The smallest absolute Gasteiger partial charge is 0.304 e. The minimum absolute atomic E-state index is 0.181. The van der Waals surface area contributed by atoms with Crippen LogP contribution in [0.1, 0.15) is 19.8 Å². The van der Waals surface area contributed by atoms with E-state index < -0.39 is 5.97 Å². The summed E-state index contributed by atoms with van der Waals surface area (Å²) in [6.45, 7) is 8.68. The van der Waals surface area contributed by atoms with Gasteiger partial charge in [-0.15, -0.1) is 0 Å². The zero-order valence-electron chi connectivity index (χ0n) is 9.66. The zero-order chi connectivity index (χ0) is 11.7. The molecule has 0 fully saturated rings. The number of aliphatic carboxylic acids is 1. The van der Waals surface area contributed by atoms with Crippen molar-refractivity contribution in [1.82, 2.24) is 4.90 Å². The first-order valence-corrected chi connectivity index (χ1v) is 5.13. The van der Waals surface area contributed by atoms with E-state index in [1.165, 1.54) is 0 Å². The van der Waals surface area contributed by atoms with Gasteiger partial charge in [0, 0.05) is 33.4 Å². The van der Waals surface area contributed by atoms with E-state index in [2.05, 4.69) is 11.5 Å². The van der Waals surface area contributed by atoms with Gasteiger partial charge in [0.15, 0.2) is 0 Å². The molecule has 15 heavy (non-hydrogen) atoms. The number of carbonyl (C=O) groups is 1. The van der Waals surface area contributed by atoms with Gasteiger partial charge in [0.05, 0.1) is 6.42 Å². The number of hydrogen-bond donors (Lipinski definition) is 1. The number of ether oxygens (including phenoxy) is 1. The molecule has 4 heteroatoms. The van der Waals surface area contributed by atoms with Crippen LogP contribution in [0.5, 0.6) is 0 Å². The maximum absolute atomic E-state index is 10.4. The maximum atomic E-state index is 10.4. The lowest BCUT2D eigenvalue weighted by Crippen LogP contribution is -2.29. The topological polar surface area (TPSA) is 49.8 Å². The van der Waals surface area contributed by atoms with Crippen molar-refractivity contribution < 1.29 is 14.6 Å². The van der Waals surface area contributed by atoms with Gasteiger partial charge in [0.25, 0.3) is 0 Å². The summed E-state index contributed by atoms with van der Waals surface area (Å²) < 4.78 is 4.96. The Balaban J connectivity index is 3.83. The summed E-state index contributed by atoms with van der Waals surface area (Å²) in [4.78, 5) is 12.5. The van der Waals surface area contributed by atoms with Crippen molar-refractivity contribution in [2.24, 2.45) is 0 Å². The lowest BCUT2D eigenvalue weighted by molar-refractivity contribution is -0.137. The van der Waals surface area contributed by atoms with Crippen molar-refractivity contribution in [1.29, 1.82) is 0 Å². The number of methoxy groups -OCH3 is 1. The highest BCUT2D eigenvalue weighted by molar-refractivity contribution is 5.66. The summed E-state index contributed by atoms with van der Waals surface area (Å²) in [5, 5.41) is 8.59. The highest BCUT2D eigenvalue weighted by atomic mass is 16.5. The molecular formula is C11H21NO3. The summed E-state index contributed by atoms with van der Waals surface area (Å²) in [6, 6.07) is 0. The number of rotatable bonds is 9. The van der Waals surface area contributed by atoms with Gasteiger partial charge in [-0.05, 0) is 13.3 Å². The van der Waals surface area contributed by atoms with Crippen molar-refractivity contribution >= 4 is 5.97 Å². The summed E-state index contributed by atoms with van der Waals surface area (Å²) in [5.74, 6) is -0.756. The molecule has 0 spiro atoms. The Morgan fingerprint density at radius 2 is 2.13 bits per heavy atom. The summed E-state index contributed by atoms with van der Waals surface area (Å²) in [6.07, 6.45) is 1.10. The van der Waals surface area contributed by atoms with Crippen LogP contribution in [-0.2, 0) is 9.53 Å². The first-order valence-electron chi connectivity index (χ1n) is 5.13. The van der Waals surface area contributed by atoms with E-state index in [0.29, 0.717) is 13.2 Å². The van der Waals surface area contributed by atoms with Crippen LogP contribution in [0, 0.1) is 0 Å². The number of carboxylic acids is 1. The van der Waals surface area contributed by atoms with E-state index in [1.807, 2.05) is 6.92 Å². The van der Waals surface area contributed by atoms with Gasteiger partial charge in [-0.25, -0.2) is 0 Å². The first kappa shape index (κ1) is 14.1. The maximum Gasteiger partial charge on any atom is 0.304 e. The second-order valence-corrected chi connectivity index (χ2v) is 3.72. The van der Waals surface area contributed by atoms with Crippen LogP contribution in [0.4, 0.5) is 0 Å². The van der Waals surface area contributed by atoms with E-state index in [9.17, 15) is 4.79 Å². The van der Waals surface area contributed by atoms with Crippen molar-refractivity contribution in [2.45, 2.75) is 19.8 Å². The van der Waals surface area contributed by atoms with Crippen LogP contribution < -0.4 is 0 Å². The molecule has 88 valence electrons. The largest absolute Gasteiger partial charge is 0.481 e. The van der Waals surface area contributed by atoms with Crippen LogP contribution in [0.3, 0.4) is 0 Å². The fourth-order valence-electron chi connectivity index (χ4n) is 1.34. The first-order chi connectivity index (χ1) is 7.06. The van der Waals surface area contributed by atoms with Crippen molar-refractivity contribution in [3.05, 3.63) is 12.2 Å². The van der Waals surface area contributed by atoms with Crippen LogP contribution in [-0.4, -0.2) is 49.3 Å². The Labute approximate surface area is 91.5 Å². The number of hydrogen-bond acceptors (Lipinski definition) is 3. The fraction of sp³-hybridized carbons (Fsp3) is 0.727. The molecule has 0 saturated carbocycles. The van der Waals surface area contributed by atoms with Crippen LogP contribution in [0.25, 0.3) is 0 Å². The highest BCUT2D eigenvalue weighted by Crippen LogP contribution is 1.99. The van der Waals surface area contributed by atoms with E-state index >= 15 is 0 Å². The second kappa shape index (κ2) is 8.44. The summed E-state index contributed by atoms with van der Waals surface area (Å²) >= 11 is 0. The van der Waals surface area contributed by atoms with Crippen molar-refractivity contribution in [3.63, 3.8) is 0 Å². The van der Waals surface area contributed by atoms with Gasteiger partial charge in [-0.2, -0.15) is 0 Å². The minimum Gasteiger partial charge on any atom is -0.481 e. The standard InChI is InChI=1S/C11H21NO3/c1-10(2)9-12(6-4-8-15-3)7-5-11(13)14/h1,4-9H2,2-3H3,(H,13,14). The van der Waals surface area contributed by atoms with Gasteiger partial charge < -0.3 is 9.84 Å². The molecule has 0 radical (unpaired) electrons. The van der Waals surface area contributed by atoms with E-state index in [4.69, 9.17) is 9.84 Å². The zero-order valence-corrected chi connectivity index (χ0v) is 9.66. The van der Waals surface area contributed by atoms with Gasteiger partial charge in [-0.3, -0.25) is 9.69 Å². The molecule has 1 N–H and O–H groups in total. The van der Waals surface area contributed by atoms with E-state index in [-0.39, 0.29) is 6.42 Å². The molecule has 0 heterocycles. The third-order valence-corrected chi connectivity index (χ3v) is 1.96. The molecule has 0 unspecified atom stereocenters. The molecule has 0 aromatic heterocycles. The Hall–Kier alpha value is -0.870. The SMILES string of the molecule is C=C(C)CN(CCCOC)CCC(=O)O. The van der Waals surface area contributed by atoms with Crippen LogP contribution in [0.2, 0.25) is 0 Å². The molecule has 0 aliphatic rings. The number of nitrogens with zero attached hydrogens (tertiary/aromatic N) is 1. The second-order valence-electron chi connectivity index (χ2n) is 3.72. The van der Waals surface area contributed by atoms with E-state index in [0.717, 1.165) is 25.1 Å². The predicted molar refractivity (Wildman–Crippen MR) is 60.0 cm³/mol. The van der Waals surface area contributed by atoms with E-state index in [1.54, 1.807) is 7.11 Å². The summed E-state index contributed by atoms with van der Waals surface area (Å²) in [5.41, 5.74) is 1.05. The van der Waals surface area contributed by atoms with Gasteiger partial charge in [0.1, 0.15) is 0 Å². The van der Waals surface area contributed by atoms with Gasteiger partial charge in [-0.1, -0.05) is 12.2 Å². The molecule has 0 aliphatic carbocycles. The number of carboxylic acid groups (broad SMARTS) is 1. The molecule has 0 rings (SSSR count). The summed E-state index contributed by atoms with van der Waals surface area (Å²) in [7, 11) is 1.67. The third-order valence-electron chi connectivity index (χ3n) is 1.96. The Morgan fingerprint density at radius 1 is 1.47 bits per heavy atom. The predicted octanol–water partition coefficient (Wildman–Crippen LogP) is 1.38. The Kier molecular flexibility index (Phi) is 7.95. The molecule has 0 saturated heterocycles. The minimum atomic E-state index is -0.756. The fourth-order valence-corrected chi connectivity index (χ4v) is 1.34. The van der Waals surface area contributed by atoms with Gasteiger partial charge in [0.2, 0.25) is 0 Å². The molecule has 0 bridgehead atoms. The lowest BCUT2D eigenvalue weighted by Gasteiger charge is -2.21. The normalized spacial score (nSPS) is 10.6. The van der Waals surface area contributed by atoms with Crippen LogP contribution in [0.15, 0.2) is 12.2 Å². The molecular weight excluding hydrogens is 194 g/mol. The van der Waals surface area contributed by atoms with Crippen molar-refractivity contribution in [2.75, 3.05) is 33.4 Å². The monoisotopic (exact) mass is 215 g/mol. The average molecular weight is 215 g/mol. The van der Waals surface area contributed by atoms with Gasteiger partial charge >= 0.3 is 5.97 Å². The molecule has 0 aromatic rings. The lowest BCUT2D eigenvalue weighted by atomic mass is 10.2. The molecule has 4 nitrogen and oxygen atoms in total. The van der Waals surface area contributed by atoms with Crippen molar-refractivity contribution in [3.8, 4) is 0 Å². The highest BCUT2D eigenvalue weighted by Gasteiger charge is 2.07. The molecule has 0 atom stereocenters. The Morgan fingerprint density at radius 3 is 2.60 bits per heavy atom. The molecule has 0 amide bonds. The third kappa shape index (κ3) is 9.43. The molecule has 0 aromatic carbocycles.